The van der Waals surface area contributed by atoms with Crippen molar-refractivity contribution in [1.82, 2.24) is 9.97 Å². The maximum absolute atomic E-state index is 12.9. The van der Waals surface area contributed by atoms with Crippen molar-refractivity contribution in [1.29, 1.82) is 10.5 Å². The fourth-order valence-electron chi connectivity index (χ4n) is 3.85. The fraction of sp³-hybridized carbons (Fsp3) is 0.0455. The van der Waals surface area contributed by atoms with Gasteiger partial charge in [0.1, 0.15) is 12.1 Å². The minimum absolute atomic E-state index is 0.00421. The molecule has 2 aliphatic rings. The third kappa shape index (κ3) is 2.00. The van der Waals surface area contributed by atoms with Crippen molar-refractivity contribution in [2.75, 3.05) is 0 Å². The summed E-state index contributed by atoms with van der Waals surface area (Å²) >= 11 is 0. The van der Waals surface area contributed by atoms with E-state index in [1.165, 1.54) is 0 Å². The lowest BCUT2D eigenvalue weighted by Gasteiger charge is -2.08. The second kappa shape index (κ2) is 5.45. The minimum Gasteiger partial charge on any atom is -0.294 e. The van der Waals surface area contributed by atoms with Gasteiger partial charge >= 0.3 is 0 Å². The van der Waals surface area contributed by atoms with Crippen LogP contribution in [0, 0.1) is 22.7 Å². The van der Waals surface area contributed by atoms with E-state index in [2.05, 4.69) is 9.97 Å². The Balaban J connectivity index is 1.93. The Kier molecular flexibility index (Phi) is 3.07. The molecule has 0 aliphatic heterocycles. The summed E-state index contributed by atoms with van der Waals surface area (Å²) in [5.74, 6) is 0.0264. The van der Waals surface area contributed by atoms with E-state index in [1.807, 2.05) is 60.7 Å². The number of carbonyl (C=O) groups is 1. The van der Waals surface area contributed by atoms with Crippen LogP contribution < -0.4 is 0 Å². The summed E-state index contributed by atoms with van der Waals surface area (Å²) in [7, 11) is 0. The molecule has 2 aliphatic carbocycles. The molecule has 0 radical (unpaired) electrons. The van der Waals surface area contributed by atoms with E-state index in [9.17, 15) is 15.3 Å². The summed E-state index contributed by atoms with van der Waals surface area (Å²) in [6, 6.07) is 19.2. The van der Waals surface area contributed by atoms with Crippen molar-refractivity contribution in [3.63, 3.8) is 0 Å². The number of aromatic nitrogens is 2. The van der Waals surface area contributed by atoms with Gasteiger partial charge in [-0.05, 0) is 16.7 Å². The van der Waals surface area contributed by atoms with Crippen molar-refractivity contribution < 1.29 is 4.79 Å². The largest absolute Gasteiger partial charge is 0.294 e. The third-order valence-corrected chi connectivity index (χ3v) is 4.96. The van der Waals surface area contributed by atoms with Gasteiger partial charge in [-0.1, -0.05) is 48.5 Å². The van der Waals surface area contributed by atoms with Gasteiger partial charge in [0, 0.05) is 23.1 Å². The van der Waals surface area contributed by atoms with E-state index in [0.29, 0.717) is 29.0 Å². The molecule has 0 amide bonds. The first-order valence-corrected chi connectivity index (χ1v) is 8.41. The summed E-state index contributed by atoms with van der Waals surface area (Å²) in [6.45, 7) is 0. The van der Waals surface area contributed by atoms with Gasteiger partial charge in [0.05, 0.1) is 11.4 Å². The highest BCUT2D eigenvalue weighted by Gasteiger charge is 2.35. The van der Waals surface area contributed by atoms with Crippen molar-refractivity contribution in [2.24, 2.45) is 0 Å². The van der Waals surface area contributed by atoms with Gasteiger partial charge in [0.15, 0.2) is 17.2 Å². The van der Waals surface area contributed by atoms with E-state index in [1.54, 1.807) is 0 Å². The molecular weight excluding hydrogens is 336 g/mol. The maximum Gasteiger partial charge on any atom is 0.177 e. The summed E-state index contributed by atoms with van der Waals surface area (Å²) < 4.78 is 0. The topological polar surface area (TPSA) is 90.4 Å². The Morgan fingerprint density at radius 1 is 0.741 bits per heavy atom. The van der Waals surface area contributed by atoms with E-state index in [4.69, 9.17) is 0 Å². The fourth-order valence-corrected chi connectivity index (χ4v) is 3.85. The average Bonchev–Trinajstić information content (AvgIpc) is 3.20. The van der Waals surface area contributed by atoms with Crippen LogP contribution in [-0.2, 0) is 11.2 Å². The van der Waals surface area contributed by atoms with Gasteiger partial charge in [0.25, 0.3) is 0 Å². The van der Waals surface area contributed by atoms with Crippen LogP contribution in [0.3, 0.4) is 0 Å². The number of hydrogen-bond acceptors (Lipinski definition) is 5. The maximum atomic E-state index is 12.9. The molecule has 124 valence electrons. The minimum atomic E-state index is -0.0270. The lowest BCUT2D eigenvalue weighted by molar-refractivity contribution is -0.112. The Hall–Kier alpha value is -4.09. The smallest absolute Gasteiger partial charge is 0.177 e. The number of fused-ring (bicyclic) bond motifs is 4. The van der Waals surface area contributed by atoms with Crippen LogP contribution in [0.25, 0.3) is 22.4 Å². The van der Waals surface area contributed by atoms with Crippen molar-refractivity contribution >= 4 is 16.9 Å². The number of nitrogens with zero attached hydrogens (tertiary/aromatic N) is 4. The monoisotopic (exact) mass is 346 g/mol. The van der Waals surface area contributed by atoms with Crippen LogP contribution >= 0.6 is 0 Å². The zero-order valence-electron chi connectivity index (χ0n) is 14.0. The number of allylic oxidation sites excluding steroid dienone is 1. The van der Waals surface area contributed by atoms with Gasteiger partial charge < -0.3 is 0 Å². The Bertz CT molecular complexity index is 1290. The van der Waals surface area contributed by atoms with E-state index < -0.39 is 0 Å². The molecule has 2 aromatic carbocycles. The van der Waals surface area contributed by atoms with Crippen LogP contribution in [0.2, 0.25) is 0 Å². The predicted molar refractivity (Wildman–Crippen MR) is 98.0 cm³/mol. The number of Topliss-reactive ketones (excluding diaryl/α,β-unsaturated/α-hetero) is 1. The second-order valence-electron chi connectivity index (χ2n) is 6.39. The molecule has 0 spiro atoms. The molecule has 0 saturated carbocycles. The zero-order valence-corrected chi connectivity index (χ0v) is 14.0. The molecule has 5 heteroatoms. The van der Waals surface area contributed by atoms with Crippen LogP contribution in [0.4, 0.5) is 0 Å². The number of carbonyl (C=O) groups excluding carboxylic acids is 1. The Labute approximate surface area is 154 Å². The molecule has 0 bridgehead atoms. The lowest BCUT2D eigenvalue weighted by atomic mass is 9.96. The van der Waals surface area contributed by atoms with E-state index in [0.717, 1.165) is 22.3 Å². The second-order valence-corrected chi connectivity index (χ2v) is 6.39. The van der Waals surface area contributed by atoms with Crippen molar-refractivity contribution in [3.8, 4) is 23.4 Å². The van der Waals surface area contributed by atoms with Gasteiger partial charge in [-0.2, -0.15) is 10.5 Å². The summed E-state index contributed by atoms with van der Waals surface area (Å²) in [4.78, 5) is 21.7. The molecule has 0 unspecified atom stereocenters. The first-order valence-electron chi connectivity index (χ1n) is 8.41. The summed E-state index contributed by atoms with van der Waals surface area (Å²) in [5.41, 5.74) is 5.86. The lowest BCUT2D eigenvalue weighted by Crippen LogP contribution is -2.02. The third-order valence-electron chi connectivity index (χ3n) is 4.96. The number of nitriles is 2. The summed E-state index contributed by atoms with van der Waals surface area (Å²) in [5, 5.41) is 18.7. The summed E-state index contributed by atoms with van der Waals surface area (Å²) in [6.07, 6.45) is 0.349. The number of ketones is 1. The SMILES string of the molecule is N#Cc1nc2c(nc1C#N)-c1ccccc1C2=C1C(=O)Cc2ccccc21. The highest BCUT2D eigenvalue weighted by Crippen LogP contribution is 2.48. The number of benzene rings is 2. The molecule has 5 rings (SSSR count). The highest BCUT2D eigenvalue weighted by atomic mass is 16.1. The van der Waals surface area contributed by atoms with Crippen LogP contribution in [0.1, 0.15) is 33.8 Å². The first-order chi connectivity index (χ1) is 13.2. The number of hydrogen-bond donors (Lipinski definition) is 0. The Morgan fingerprint density at radius 2 is 1.33 bits per heavy atom. The van der Waals surface area contributed by atoms with E-state index in [-0.39, 0.29) is 17.2 Å². The molecule has 0 atom stereocenters. The molecule has 0 N–H and O–H groups in total. The quantitative estimate of drug-likeness (QED) is 0.456. The van der Waals surface area contributed by atoms with Gasteiger partial charge in [-0.3, -0.25) is 4.79 Å². The molecule has 27 heavy (non-hydrogen) atoms. The highest BCUT2D eigenvalue weighted by molar-refractivity contribution is 6.34. The molecule has 1 heterocycles. The van der Waals surface area contributed by atoms with Gasteiger partial charge in [0.2, 0.25) is 0 Å². The van der Waals surface area contributed by atoms with E-state index >= 15 is 0 Å². The normalized spacial score (nSPS) is 16.3. The van der Waals surface area contributed by atoms with Crippen LogP contribution in [0.5, 0.6) is 0 Å². The van der Waals surface area contributed by atoms with Gasteiger partial charge in [-0.15, -0.1) is 0 Å². The molecule has 3 aromatic rings. The average molecular weight is 346 g/mol. The zero-order chi connectivity index (χ0) is 18.5. The van der Waals surface area contributed by atoms with Crippen molar-refractivity contribution in [3.05, 3.63) is 82.3 Å². The predicted octanol–water partition coefficient (Wildman–Crippen LogP) is 3.28. The molecule has 1 aromatic heterocycles. The molecule has 5 nitrogen and oxygen atoms in total. The standard InChI is InChI=1S/C22H10N4O/c23-10-16-17(11-24)26-22-20(14-7-3-4-8-15(14)21(22)25-16)19-13-6-2-1-5-12(13)9-18(19)27/h1-8H,9H2. The number of rotatable bonds is 0. The molecular formula is C22H10N4O. The molecule has 0 fully saturated rings. The van der Waals surface area contributed by atoms with Gasteiger partial charge in [-0.25, -0.2) is 9.97 Å². The van der Waals surface area contributed by atoms with Crippen LogP contribution in [0.15, 0.2) is 48.5 Å². The molecule has 0 saturated heterocycles. The first kappa shape index (κ1) is 15.2. The van der Waals surface area contributed by atoms with Crippen LogP contribution in [-0.4, -0.2) is 15.8 Å². The Morgan fingerprint density at radius 3 is 2.04 bits per heavy atom. The van der Waals surface area contributed by atoms with Crippen molar-refractivity contribution in [2.45, 2.75) is 6.42 Å².